The number of hydrogen-bond donors (Lipinski definition) is 1. The van der Waals surface area contributed by atoms with E-state index < -0.39 is 0 Å². The van der Waals surface area contributed by atoms with E-state index in [4.69, 9.17) is 0 Å². The van der Waals surface area contributed by atoms with Crippen LogP contribution >= 0.6 is 0 Å². The molecule has 3 nitrogen and oxygen atoms in total. The molecule has 1 fully saturated rings. The van der Waals surface area contributed by atoms with Crippen LogP contribution in [-0.2, 0) is 11.2 Å². The van der Waals surface area contributed by atoms with E-state index in [1.165, 1.54) is 29.2 Å². The van der Waals surface area contributed by atoms with E-state index in [-0.39, 0.29) is 5.91 Å². The Bertz CT molecular complexity index is 671. The molecule has 3 heteroatoms. The molecule has 1 amide bonds. The standard InChI is InChI=1S/C21H28N2O/c1-23(21(24)10-9-17-11-14-22-15-12-17)16-13-19-7-4-6-18-5-2-3-8-20(18)19/h2-8,17,22H,9-16H2,1H3. The third-order valence-corrected chi connectivity index (χ3v) is 5.25. The molecular weight excluding hydrogens is 296 g/mol. The van der Waals surface area contributed by atoms with Crippen molar-refractivity contribution in [1.29, 1.82) is 0 Å². The summed E-state index contributed by atoms with van der Waals surface area (Å²) >= 11 is 0. The predicted octanol–water partition coefficient (Wildman–Crippen LogP) is 3.62. The third kappa shape index (κ3) is 4.35. The molecule has 0 unspecified atom stereocenters. The summed E-state index contributed by atoms with van der Waals surface area (Å²) in [6.07, 6.45) is 5.08. The van der Waals surface area contributed by atoms with Crippen LogP contribution in [0.1, 0.15) is 31.2 Å². The zero-order valence-electron chi connectivity index (χ0n) is 14.6. The lowest BCUT2D eigenvalue weighted by Crippen LogP contribution is -2.31. The zero-order chi connectivity index (χ0) is 16.8. The summed E-state index contributed by atoms with van der Waals surface area (Å²) in [6.45, 7) is 3.00. The molecular formula is C21H28N2O. The van der Waals surface area contributed by atoms with E-state index in [1.807, 2.05) is 11.9 Å². The second-order valence-electron chi connectivity index (χ2n) is 6.94. The van der Waals surface area contributed by atoms with Crippen LogP contribution in [0.3, 0.4) is 0 Å². The van der Waals surface area contributed by atoms with Crippen molar-refractivity contribution in [2.45, 2.75) is 32.1 Å². The normalized spacial score (nSPS) is 15.5. The minimum absolute atomic E-state index is 0.286. The van der Waals surface area contributed by atoms with Crippen LogP contribution in [0, 0.1) is 5.92 Å². The van der Waals surface area contributed by atoms with Gasteiger partial charge in [0, 0.05) is 20.0 Å². The van der Waals surface area contributed by atoms with Gasteiger partial charge in [-0.1, -0.05) is 42.5 Å². The number of fused-ring (bicyclic) bond motifs is 1. The van der Waals surface area contributed by atoms with Crippen molar-refractivity contribution < 1.29 is 4.79 Å². The van der Waals surface area contributed by atoms with Crippen LogP contribution in [-0.4, -0.2) is 37.5 Å². The van der Waals surface area contributed by atoms with E-state index in [2.05, 4.69) is 47.8 Å². The van der Waals surface area contributed by atoms with Crippen molar-refractivity contribution in [2.24, 2.45) is 5.92 Å². The van der Waals surface area contributed by atoms with Gasteiger partial charge in [-0.25, -0.2) is 0 Å². The number of nitrogens with one attached hydrogen (secondary N) is 1. The van der Waals surface area contributed by atoms with Crippen LogP contribution in [0.4, 0.5) is 0 Å². The highest BCUT2D eigenvalue weighted by Gasteiger charge is 2.16. The Morgan fingerprint density at radius 2 is 1.88 bits per heavy atom. The minimum atomic E-state index is 0.286. The third-order valence-electron chi connectivity index (χ3n) is 5.25. The van der Waals surface area contributed by atoms with Crippen LogP contribution in [0.25, 0.3) is 10.8 Å². The Kier molecular flexibility index (Phi) is 5.86. The monoisotopic (exact) mass is 324 g/mol. The smallest absolute Gasteiger partial charge is 0.222 e. The molecule has 0 radical (unpaired) electrons. The van der Waals surface area contributed by atoms with E-state index in [0.717, 1.165) is 38.4 Å². The van der Waals surface area contributed by atoms with Crippen molar-refractivity contribution in [2.75, 3.05) is 26.7 Å². The van der Waals surface area contributed by atoms with E-state index >= 15 is 0 Å². The number of likely N-dealkylation sites (N-methyl/N-ethyl adjacent to an activating group) is 1. The van der Waals surface area contributed by atoms with Crippen molar-refractivity contribution >= 4 is 16.7 Å². The molecule has 24 heavy (non-hydrogen) atoms. The van der Waals surface area contributed by atoms with Crippen molar-refractivity contribution in [3.8, 4) is 0 Å². The van der Waals surface area contributed by atoms with Gasteiger partial charge >= 0.3 is 0 Å². The first-order chi connectivity index (χ1) is 11.7. The zero-order valence-corrected chi connectivity index (χ0v) is 14.6. The fourth-order valence-corrected chi connectivity index (χ4v) is 3.61. The number of amides is 1. The molecule has 0 spiro atoms. The van der Waals surface area contributed by atoms with Crippen molar-refractivity contribution in [1.82, 2.24) is 10.2 Å². The van der Waals surface area contributed by atoms with Gasteiger partial charge in [0.1, 0.15) is 0 Å². The van der Waals surface area contributed by atoms with Crippen LogP contribution < -0.4 is 5.32 Å². The maximum atomic E-state index is 12.4. The highest BCUT2D eigenvalue weighted by molar-refractivity contribution is 5.85. The lowest BCUT2D eigenvalue weighted by Gasteiger charge is -2.23. The number of carbonyl (C=O) groups excluding carboxylic acids is 1. The molecule has 1 aliphatic heterocycles. The molecule has 2 aromatic rings. The maximum Gasteiger partial charge on any atom is 0.222 e. The summed E-state index contributed by atoms with van der Waals surface area (Å²) in [7, 11) is 1.94. The van der Waals surface area contributed by atoms with E-state index in [0.29, 0.717) is 6.42 Å². The number of rotatable bonds is 6. The largest absolute Gasteiger partial charge is 0.345 e. The van der Waals surface area contributed by atoms with Crippen LogP contribution in [0.15, 0.2) is 42.5 Å². The summed E-state index contributed by atoms with van der Waals surface area (Å²) in [5, 5.41) is 5.96. The Morgan fingerprint density at radius 3 is 2.71 bits per heavy atom. The van der Waals surface area contributed by atoms with Crippen molar-refractivity contribution in [3.63, 3.8) is 0 Å². The average molecular weight is 324 g/mol. The molecule has 0 bridgehead atoms. The van der Waals surface area contributed by atoms with Gasteiger partial charge in [-0.15, -0.1) is 0 Å². The molecule has 2 aromatic carbocycles. The van der Waals surface area contributed by atoms with Gasteiger partial charge in [-0.3, -0.25) is 4.79 Å². The predicted molar refractivity (Wildman–Crippen MR) is 100 cm³/mol. The number of nitrogens with zero attached hydrogens (tertiary/aromatic N) is 1. The first kappa shape index (κ1) is 17.0. The van der Waals surface area contributed by atoms with E-state index in [9.17, 15) is 4.79 Å². The number of hydrogen-bond acceptors (Lipinski definition) is 2. The fraction of sp³-hybridized carbons (Fsp3) is 0.476. The number of benzene rings is 2. The topological polar surface area (TPSA) is 32.3 Å². The van der Waals surface area contributed by atoms with Gasteiger partial charge in [0.05, 0.1) is 0 Å². The molecule has 1 heterocycles. The lowest BCUT2D eigenvalue weighted by atomic mass is 9.93. The SMILES string of the molecule is CN(CCc1cccc2ccccc12)C(=O)CCC1CCNCC1. The lowest BCUT2D eigenvalue weighted by molar-refractivity contribution is -0.130. The quantitative estimate of drug-likeness (QED) is 0.880. The second kappa shape index (κ2) is 8.29. The fourth-order valence-electron chi connectivity index (χ4n) is 3.61. The maximum absolute atomic E-state index is 12.4. The van der Waals surface area contributed by atoms with Gasteiger partial charge in [0.15, 0.2) is 0 Å². The number of carbonyl (C=O) groups is 1. The molecule has 3 rings (SSSR count). The van der Waals surface area contributed by atoms with Gasteiger partial charge in [0.2, 0.25) is 5.91 Å². The average Bonchev–Trinajstić information content (AvgIpc) is 2.65. The molecule has 0 saturated carbocycles. The Morgan fingerprint density at radius 1 is 1.12 bits per heavy atom. The van der Waals surface area contributed by atoms with Crippen LogP contribution in [0.5, 0.6) is 0 Å². The Balaban J connectivity index is 1.50. The molecule has 0 aromatic heterocycles. The van der Waals surface area contributed by atoms with Gasteiger partial charge < -0.3 is 10.2 Å². The summed E-state index contributed by atoms with van der Waals surface area (Å²) in [5.74, 6) is 1.01. The highest BCUT2D eigenvalue weighted by Crippen LogP contribution is 2.20. The van der Waals surface area contributed by atoms with Gasteiger partial charge in [0.25, 0.3) is 0 Å². The molecule has 1 saturated heterocycles. The summed E-state index contributed by atoms with van der Waals surface area (Å²) in [6, 6.07) is 14.9. The molecule has 128 valence electrons. The molecule has 0 aliphatic carbocycles. The molecule has 1 aliphatic rings. The summed E-state index contributed by atoms with van der Waals surface area (Å²) in [5.41, 5.74) is 1.33. The first-order valence-corrected chi connectivity index (χ1v) is 9.15. The van der Waals surface area contributed by atoms with Crippen LogP contribution in [0.2, 0.25) is 0 Å². The number of piperidine rings is 1. The second-order valence-corrected chi connectivity index (χ2v) is 6.94. The van der Waals surface area contributed by atoms with Gasteiger partial charge in [-0.05, 0) is 61.0 Å². The summed E-state index contributed by atoms with van der Waals surface area (Å²) < 4.78 is 0. The molecule has 0 atom stereocenters. The van der Waals surface area contributed by atoms with Gasteiger partial charge in [-0.2, -0.15) is 0 Å². The Labute approximate surface area is 145 Å². The minimum Gasteiger partial charge on any atom is -0.345 e. The highest BCUT2D eigenvalue weighted by atomic mass is 16.2. The van der Waals surface area contributed by atoms with E-state index in [1.54, 1.807) is 0 Å². The molecule has 1 N–H and O–H groups in total. The Hall–Kier alpha value is -1.87. The summed E-state index contributed by atoms with van der Waals surface area (Å²) in [4.78, 5) is 14.3. The van der Waals surface area contributed by atoms with Crippen molar-refractivity contribution in [3.05, 3.63) is 48.0 Å². The first-order valence-electron chi connectivity index (χ1n) is 9.15.